The average Bonchev–Trinajstić information content (AvgIpc) is 3.26. The molecule has 3 aromatic rings. The van der Waals surface area contributed by atoms with Crippen molar-refractivity contribution in [3.63, 3.8) is 0 Å². The van der Waals surface area contributed by atoms with Crippen LogP contribution in [-0.2, 0) is 4.79 Å². The van der Waals surface area contributed by atoms with Crippen LogP contribution in [-0.4, -0.2) is 53.6 Å². The lowest BCUT2D eigenvalue weighted by atomic mass is 9.77. The van der Waals surface area contributed by atoms with Crippen molar-refractivity contribution in [2.75, 3.05) is 43.4 Å². The number of benzene rings is 1. The lowest BCUT2D eigenvalue weighted by molar-refractivity contribution is -0.135. The second-order valence-corrected chi connectivity index (χ2v) is 11.2. The van der Waals surface area contributed by atoms with Crippen molar-refractivity contribution in [1.82, 2.24) is 14.9 Å². The van der Waals surface area contributed by atoms with Gasteiger partial charge in [0.2, 0.25) is 11.8 Å². The summed E-state index contributed by atoms with van der Waals surface area (Å²) >= 11 is 12.1. The highest BCUT2D eigenvalue weighted by molar-refractivity contribution is 6.30. The molecule has 2 aromatic heterocycles. The number of nitrogen functional groups attached to an aromatic ring is 1. The van der Waals surface area contributed by atoms with Crippen molar-refractivity contribution in [3.05, 3.63) is 76.5 Å². The van der Waals surface area contributed by atoms with Crippen LogP contribution in [0.15, 0.2) is 60.9 Å². The van der Waals surface area contributed by atoms with Gasteiger partial charge < -0.3 is 20.3 Å². The molecule has 2 N–H and O–H groups in total. The lowest BCUT2D eigenvalue weighted by Crippen LogP contribution is -2.43. The number of hydrogen-bond donors (Lipinski definition) is 1. The van der Waals surface area contributed by atoms with Gasteiger partial charge in [-0.05, 0) is 48.7 Å². The Bertz CT molecular complexity index is 1210. The van der Waals surface area contributed by atoms with Gasteiger partial charge in [0.25, 0.3) is 0 Å². The van der Waals surface area contributed by atoms with Crippen LogP contribution < -0.4 is 15.4 Å². The van der Waals surface area contributed by atoms with Crippen LogP contribution >= 0.6 is 23.2 Å². The van der Waals surface area contributed by atoms with Gasteiger partial charge in [-0.25, -0.2) is 9.97 Å². The topological polar surface area (TPSA) is 84.6 Å². The predicted molar refractivity (Wildman–Crippen MR) is 147 cm³/mol. The number of nitrogens with zero attached hydrogens (tertiary/aromatic N) is 4. The number of anilines is 2. The number of ether oxygens (including phenoxy) is 1. The Morgan fingerprint density at radius 1 is 1.03 bits per heavy atom. The van der Waals surface area contributed by atoms with Gasteiger partial charge in [0.05, 0.1) is 23.5 Å². The summed E-state index contributed by atoms with van der Waals surface area (Å²) in [5.74, 6) is 1.76. The number of rotatable bonds is 6. The zero-order chi connectivity index (χ0) is 26.0. The normalized spacial score (nSPS) is 22.3. The van der Waals surface area contributed by atoms with Crippen LogP contribution in [0.5, 0.6) is 5.88 Å². The van der Waals surface area contributed by atoms with Gasteiger partial charge >= 0.3 is 0 Å². The molecule has 37 heavy (non-hydrogen) atoms. The molecule has 1 aromatic carbocycles. The van der Waals surface area contributed by atoms with Crippen LogP contribution in [0.25, 0.3) is 0 Å². The van der Waals surface area contributed by atoms with E-state index >= 15 is 0 Å². The first-order valence-electron chi connectivity index (χ1n) is 12.6. The molecule has 4 heterocycles. The Labute approximate surface area is 227 Å². The van der Waals surface area contributed by atoms with Crippen molar-refractivity contribution in [2.24, 2.45) is 11.3 Å². The van der Waals surface area contributed by atoms with Gasteiger partial charge in [0.15, 0.2) is 0 Å². The zero-order valence-corrected chi connectivity index (χ0v) is 22.3. The van der Waals surface area contributed by atoms with Crippen LogP contribution in [0.2, 0.25) is 10.0 Å². The number of pyridine rings is 2. The first-order valence-corrected chi connectivity index (χ1v) is 13.3. The summed E-state index contributed by atoms with van der Waals surface area (Å²) < 4.78 is 6.11. The van der Waals surface area contributed by atoms with E-state index < -0.39 is 0 Å². The fourth-order valence-electron chi connectivity index (χ4n) is 5.45. The summed E-state index contributed by atoms with van der Waals surface area (Å²) in [6.07, 6.45) is 4.85. The standard InChI is InChI=1S/C28H31Cl2N5O2/c1-28(18-37-26-9-6-22(30)14-33-26)17-35(16-24(28)19-2-4-21(29)5-3-19)27(36)20-10-12-34(13-11-20)25-8-7-23(31)15-32-25/h2-9,14-15,20,24H,10-13,16-18,31H2,1H3/t24-,28-/m1/s1. The number of halogens is 2. The van der Waals surface area contributed by atoms with Crippen molar-refractivity contribution < 1.29 is 9.53 Å². The molecule has 7 nitrogen and oxygen atoms in total. The first kappa shape index (κ1) is 25.6. The minimum atomic E-state index is -0.292. The van der Waals surface area contributed by atoms with Gasteiger partial charge in [-0.2, -0.15) is 0 Å². The number of hydrogen-bond acceptors (Lipinski definition) is 6. The van der Waals surface area contributed by atoms with Crippen molar-refractivity contribution >= 4 is 40.6 Å². The highest BCUT2D eigenvalue weighted by Crippen LogP contribution is 2.44. The highest BCUT2D eigenvalue weighted by atomic mass is 35.5. The Balaban J connectivity index is 1.28. The van der Waals surface area contributed by atoms with Crippen LogP contribution in [0.1, 0.15) is 31.2 Å². The average molecular weight is 540 g/mol. The summed E-state index contributed by atoms with van der Waals surface area (Å²) in [6, 6.07) is 15.3. The Morgan fingerprint density at radius 3 is 2.41 bits per heavy atom. The van der Waals surface area contributed by atoms with E-state index in [4.69, 9.17) is 33.7 Å². The van der Waals surface area contributed by atoms with Gasteiger partial charge in [-0.15, -0.1) is 0 Å². The minimum Gasteiger partial charge on any atom is -0.477 e. The van der Waals surface area contributed by atoms with E-state index in [9.17, 15) is 4.79 Å². The molecule has 194 valence electrons. The van der Waals surface area contributed by atoms with E-state index in [1.54, 1.807) is 24.5 Å². The number of carbonyl (C=O) groups is 1. The van der Waals surface area contributed by atoms with E-state index in [0.29, 0.717) is 41.3 Å². The number of likely N-dealkylation sites (tertiary alicyclic amines) is 1. The molecule has 9 heteroatoms. The minimum absolute atomic E-state index is 0.00269. The van der Waals surface area contributed by atoms with Crippen molar-refractivity contribution in [3.8, 4) is 5.88 Å². The molecule has 0 saturated carbocycles. The van der Waals surface area contributed by atoms with Crippen LogP contribution in [0.4, 0.5) is 11.5 Å². The molecule has 5 rings (SSSR count). The van der Waals surface area contributed by atoms with Crippen LogP contribution in [0, 0.1) is 11.3 Å². The number of nitrogens with two attached hydrogens (primary N) is 1. The molecule has 2 atom stereocenters. The van der Waals surface area contributed by atoms with E-state index in [1.165, 1.54) is 0 Å². The van der Waals surface area contributed by atoms with Gasteiger partial charge in [0.1, 0.15) is 5.82 Å². The predicted octanol–water partition coefficient (Wildman–Crippen LogP) is 5.29. The molecule has 2 fully saturated rings. The van der Waals surface area contributed by atoms with Crippen molar-refractivity contribution in [2.45, 2.75) is 25.7 Å². The Hall–Kier alpha value is -3.03. The maximum Gasteiger partial charge on any atom is 0.225 e. The Kier molecular flexibility index (Phi) is 7.45. The number of aromatic nitrogens is 2. The molecule has 2 saturated heterocycles. The largest absolute Gasteiger partial charge is 0.477 e. The van der Waals surface area contributed by atoms with Gasteiger partial charge in [-0.3, -0.25) is 4.79 Å². The molecule has 0 radical (unpaired) electrons. The summed E-state index contributed by atoms with van der Waals surface area (Å²) in [5.41, 5.74) is 7.28. The van der Waals surface area contributed by atoms with Crippen molar-refractivity contribution in [1.29, 1.82) is 0 Å². The molecule has 0 unspecified atom stereocenters. The fraction of sp³-hybridized carbons (Fsp3) is 0.393. The van der Waals surface area contributed by atoms with Crippen LogP contribution in [0.3, 0.4) is 0 Å². The van der Waals surface area contributed by atoms with Gasteiger partial charge in [0, 0.05) is 60.7 Å². The molecular weight excluding hydrogens is 509 g/mol. The number of piperidine rings is 1. The molecule has 0 aliphatic carbocycles. The van der Waals surface area contributed by atoms with E-state index in [-0.39, 0.29) is 23.2 Å². The second kappa shape index (κ2) is 10.8. The van der Waals surface area contributed by atoms with E-state index in [2.05, 4.69) is 33.9 Å². The molecule has 1 amide bonds. The molecule has 2 aliphatic heterocycles. The number of amides is 1. The first-order chi connectivity index (χ1) is 17.8. The summed E-state index contributed by atoms with van der Waals surface area (Å²) in [4.78, 5) is 26.7. The maximum absolute atomic E-state index is 13.7. The summed E-state index contributed by atoms with van der Waals surface area (Å²) in [5, 5.41) is 1.26. The molecule has 0 spiro atoms. The van der Waals surface area contributed by atoms with E-state index in [1.807, 2.05) is 29.2 Å². The zero-order valence-electron chi connectivity index (χ0n) is 20.8. The quantitative estimate of drug-likeness (QED) is 0.457. The third kappa shape index (κ3) is 5.78. The maximum atomic E-state index is 13.7. The van der Waals surface area contributed by atoms with E-state index in [0.717, 1.165) is 37.3 Å². The lowest BCUT2D eigenvalue weighted by Gasteiger charge is -2.34. The SMILES string of the molecule is C[C@]1(COc2ccc(Cl)cn2)CN(C(=O)C2CCN(c3ccc(N)cn3)CC2)C[C@@H]1c1ccc(Cl)cc1. The fourth-order valence-corrected chi connectivity index (χ4v) is 5.69. The Morgan fingerprint density at radius 2 is 1.76 bits per heavy atom. The molecule has 0 bridgehead atoms. The molecule has 2 aliphatic rings. The number of carbonyl (C=O) groups excluding carboxylic acids is 1. The third-order valence-electron chi connectivity index (χ3n) is 7.57. The highest BCUT2D eigenvalue weighted by Gasteiger charge is 2.47. The smallest absolute Gasteiger partial charge is 0.225 e. The monoisotopic (exact) mass is 539 g/mol. The summed E-state index contributed by atoms with van der Waals surface area (Å²) in [7, 11) is 0. The third-order valence-corrected chi connectivity index (χ3v) is 8.04. The summed E-state index contributed by atoms with van der Waals surface area (Å²) in [6.45, 7) is 5.47. The molecular formula is C28H31Cl2N5O2. The second-order valence-electron chi connectivity index (χ2n) is 10.3. The van der Waals surface area contributed by atoms with Gasteiger partial charge in [-0.1, -0.05) is 42.3 Å².